The molecule has 174 valence electrons. The van der Waals surface area contributed by atoms with Gasteiger partial charge >= 0.3 is 0 Å². The van der Waals surface area contributed by atoms with Crippen LogP contribution in [0.4, 0.5) is 5.69 Å². The number of nitrogens with one attached hydrogen (secondary N) is 1. The summed E-state index contributed by atoms with van der Waals surface area (Å²) in [7, 11) is 0. The highest BCUT2D eigenvalue weighted by Crippen LogP contribution is 2.36. The Bertz CT molecular complexity index is 1190. The van der Waals surface area contributed by atoms with Gasteiger partial charge in [-0.05, 0) is 60.7 Å². The lowest BCUT2D eigenvalue weighted by molar-refractivity contribution is -0.117. The summed E-state index contributed by atoms with van der Waals surface area (Å²) in [6, 6.07) is 22.9. The second-order valence-corrected chi connectivity index (χ2v) is 9.02. The van der Waals surface area contributed by atoms with Crippen molar-refractivity contribution in [3.8, 4) is 5.75 Å². The first-order valence-electron chi connectivity index (χ1n) is 11.6. The topological polar surface area (TPSA) is 58.6 Å². The molecule has 1 aliphatic heterocycles. The van der Waals surface area contributed by atoms with Crippen molar-refractivity contribution in [2.24, 2.45) is 5.92 Å². The molecule has 0 saturated carbocycles. The van der Waals surface area contributed by atoms with Crippen LogP contribution in [-0.2, 0) is 11.3 Å². The van der Waals surface area contributed by atoms with E-state index in [4.69, 9.17) is 4.74 Å². The first-order valence-corrected chi connectivity index (χ1v) is 11.6. The second kappa shape index (κ2) is 10.4. The molecule has 0 unspecified atom stereocenters. The maximum Gasteiger partial charge on any atom is 0.294 e. The summed E-state index contributed by atoms with van der Waals surface area (Å²) in [4.78, 5) is 27.5. The van der Waals surface area contributed by atoms with Crippen LogP contribution in [0.5, 0.6) is 5.75 Å². The number of carbonyl (C=O) groups excluding carboxylic acids is 2. The molecule has 0 aromatic heterocycles. The van der Waals surface area contributed by atoms with E-state index in [-0.39, 0.29) is 17.6 Å². The molecule has 0 bridgehead atoms. The minimum Gasteiger partial charge on any atom is -0.449 e. The van der Waals surface area contributed by atoms with Crippen LogP contribution >= 0.6 is 0 Å². The number of hydrogen-bond acceptors (Lipinski definition) is 3. The van der Waals surface area contributed by atoms with Crippen molar-refractivity contribution in [2.75, 3.05) is 11.4 Å². The van der Waals surface area contributed by atoms with Gasteiger partial charge in [0.25, 0.3) is 11.8 Å². The molecule has 0 spiro atoms. The third kappa shape index (κ3) is 5.54. The first kappa shape index (κ1) is 23.3. The molecule has 1 aliphatic rings. The molecule has 4 rings (SSSR count). The number of amides is 2. The average Bonchev–Trinajstić information content (AvgIpc) is 2.83. The van der Waals surface area contributed by atoms with E-state index in [1.807, 2.05) is 67.6 Å². The summed E-state index contributed by atoms with van der Waals surface area (Å²) in [6.07, 6.45) is 2.66. The third-order valence-corrected chi connectivity index (χ3v) is 5.77. The molecule has 0 radical (unpaired) electrons. The molecule has 0 saturated heterocycles. The Kier molecular flexibility index (Phi) is 7.12. The van der Waals surface area contributed by atoms with Crippen LogP contribution in [0.1, 0.15) is 47.3 Å². The van der Waals surface area contributed by atoms with E-state index in [2.05, 4.69) is 19.2 Å². The molecule has 0 aliphatic carbocycles. The predicted molar refractivity (Wildman–Crippen MR) is 136 cm³/mol. The van der Waals surface area contributed by atoms with Gasteiger partial charge in [-0.2, -0.15) is 0 Å². The van der Waals surface area contributed by atoms with Crippen LogP contribution in [0.3, 0.4) is 0 Å². The highest BCUT2D eigenvalue weighted by molar-refractivity contribution is 6.09. The molecular weight excluding hydrogens is 424 g/mol. The monoisotopic (exact) mass is 454 g/mol. The van der Waals surface area contributed by atoms with Crippen molar-refractivity contribution in [1.29, 1.82) is 0 Å². The summed E-state index contributed by atoms with van der Waals surface area (Å²) in [6.45, 7) is 7.40. The fourth-order valence-electron chi connectivity index (χ4n) is 3.75. The number of nitrogens with zero attached hydrogens (tertiary/aromatic N) is 1. The van der Waals surface area contributed by atoms with E-state index in [1.54, 1.807) is 23.1 Å². The Morgan fingerprint density at radius 2 is 1.71 bits per heavy atom. The Labute approximate surface area is 201 Å². The van der Waals surface area contributed by atoms with E-state index in [0.29, 0.717) is 30.3 Å². The Morgan fingerprint density at radius 3 is 2.41 bits per heavy atom. The lowest BCUT2D eigenvalue weighted by atomic mass is 10.1. The summed E-state index contributed by atoms with van der Waals surface area (Å²) in [5.41, 5.74) is 4.35. The molecule has 1 heterocycles. The SMILES string of the molecule is Cc1ccc(CN2C(=O)C(=Cc3ccc(C(=O)NCCC(C)C)cc3)Oc3ccccc32)cc1. The van der Waals surface area contributed by atoms with Gasteiger partial charge in [-0.15, -0.1) is 0 Å². The second-order valence-electron chi connectivity index (χ2n) is 9.02. The number of anilines is 1. The van der Waals surface area contributed by atoms with Gasteiger partial charge < -0.3 is 10.1 Å². The number of para-hydroxylation sites is 2. The van der Waals surface area contributed by atoms with Crippen LogP contribution in [0, 0.1) is 12.8 Å². The molecule has 2 amide bonds. The highest BCUT2D eigenvalue weighted by Gasteiger charge is 2.30. The van der Waals surface area contributed by atoms with Crippen LogP contribution in [0.15, 0.2) is 78.6 Å². The molecule has 3 aromatic rings. The van der Waals surface area contributed by atoms with Crippen molar-refractivity contribution in [2.45, 2.75) is 33.7 Å². The number of rotatable bonds is 7. The van der Waals surface area contributed by atoms with Gasteiger partial charge in [0.05, 0.1) is 12.2 Å². The largest absolute Gasteiger partial charge is 0.449 e. The number of ether oxygens (including phenoxy) is 1. The Morgan fingerprint density at radius 1 is 1.00 bits per heavy atom. The summed E-state index contributed by atoms with van der Waals surface area (Å²) in [5, 5.41) is 2.94. The van der Waals surface area contributed by atoms with E-state index in [0.717, 1.165) is 23.2 Å². The normalized spacial score (nSPS) is 14.2. The fourth-order valence-corrected chi connectivity index (χ4v) is 3.75. The highest BCUT2D eigenvalue weighted by atomic mass is 16.5. The Balaban J connectivity index is 1.54. The van der Waals surface area contributed by atoms with Gasteiger partial charge in [-0.25, -0.2) is 0 Å². The van der Waals surface area contributed by atoms with Crippen LogP contribution < -0.4 is 15.0 Å². The van der Waals surface area contributed by atoms with Gasteiger partial charge in [-0.3, -0.25) is 14.5 Å². The van der Waals surface area contributed by atoms with Crippen molar-refractivity contribution in [1.82, 2.24) is 5.32 Å². The molecule has 34 heavy (non-hydrogen) atoms. The van der Waals surface area contributed by atoms with Gasteiger partial charge in [0.1, 0.15) is 0 Å². The van der Waals surface area contributed by atoms with Crippen molar-refractivity contribution >= 4 is 23.6 Å². The van der Waals surface area contributed by atoms with Gasteiger partial charge in [0, 0.05) is 12.1 Å². The van der Waals surface area contributed by atoms with E-state index < -0.39 is 0 Å². The molecule has 0 fully saturated rings. The molecular formula is C29H30N2O3. The lowest BCUT2D eigenvalue weighted by Crippen LogP contribution is -2.36. The molecule has 3 aromatic carbocycles. The zero-order valence-electron chi connectivity index (χ0n) is 19.9. The predicted octanol–water partition coefficient (Wildman–Crippen LogP) is 5.74. The molecule has 5 nitrogen and oxygen atoms in total. The van der Waals surface area contributed by atoms with Crippen LogP contribution in [-0.4, -0.2) is 18.4 Å². The number of aryl methyl sites for hydroxylation is 1. The van der Waals surface area contributed by atoms with Crippen molar-refractivity contribution in [3.63, 3.8) is 0 Å². The number of carbonyl (C=O) groups is 2. The van der Waals surface area contributed by atoms with Crippen molar-refractivity contribution < 1.29 is 14.3 Å². The van der Waals surface area contributed by atoms with Crippen LogP contribution in [0.2, 0.25) is 0 Å². The maximum atomic E-state index is 13.4. The fraction of sp³-hybridized carbons (Fsp3) is 0.241. The van der Waals surface area contributed by atoms with Gasteiger partial charge in [0.15, 0.2) is 11.5 Å². The zero-order valence-corrected chi connectivity index (χ0v) is 19.9. The van der Waals surface area contributed by atoms with Gasteiger partial charge in [-0.1, -0.05) is 67.9 Å². The Hall–Kier alpha value is -3.86. The smallest absolute Gasteiger partial charge is 0.294 e. The summed E-state index contributed by atoms with van der Waals surface area (Å²) < 4.78 is 5.98. The van der Waals surface area contributed by atoms with E-state index in [1.165, 1.54) is 5.56 Å². The summed E-state index contributed by atoms with van der Waals surface area (Å²) in [5.74, 6) is 1.14. The molecule has 5 heteroatoms. The zero-order chi connectivity index (χ0) is 24.1. The number of fused-ring (bicyclic) bond motifs is 1. The van der Waals surface area contributed by atoms with Gasteiger partial charge in [0.2, 0.25) is 0 Å². The molecule has 0 atom stereocenters. The summed E-state index contributed by atoms with van der Waals surface area (Å²) >= 11 is 0. The first-order chi connectivity index (χ1) is 16.4. The van der Waals surface area contributed by atoms with E-state index >= 15 is 0 Å². The molecule has 1 N–H and O–H groups in total. The third-order valence-electron chi connectivity index (χ3n) is 5.77. The minimum absolute atomic E-state index is 0.0944. The lowest BCUT2D eigenvalue weighted by Gasteiger charge is -2.30. The average molecular weight is 455 g/mol. The van der Waals surface area contributed by atoms with E-state index in [9.17, 15) is 9.59 Å². The quantitative estimate of drug-likeness (QED) is 0.463. The minimum atomic E-state index is -0.199. The number of benzene rings is 3. The number of hydrogen-bond donors (Lipinski definition) is 1. The van der Waals surface area contributed by atoms with Crippen molar-refractivity contribution in [3.05, 3.63) is 101 Å². The standard InChI is InChI=1S/C29H30N2O3/c1-20(2)16-17-30-28(32)24-14-12-22(13-15-24)18-27-29(33)31(19-23-10-8-21(3)9-11-23)25-6-4-5-7-26(25)34-27/h4-15,18,20H,16-17,19H2,1-3H3,(H,30,32). The van der Waals surface area contributed by atoms with Crippen LogP contribution in [0.25, 0.3) is 6.08 Å². The maximum absolute atomic E-state index is 13.4.